The van der Waals surface area contributed by atoms with Crippen molar-refractivity contribution in [3.8, 4) is 5.69 Å². The minimum Gasteiger partial charge on any atom is -0.388 e. The summed E-state index contributed by atoms with van der Waals surface area (Å²) in [5, 5.41) is 17.1. The SMILES string of the molecule is O=C(C=Cc1cnn(-c2ccccc2)c1)NCCC(O)c1ccccc1. The normalized spacial score (nSPS) is 12.2. The van der Waals surface area contributed by atoms with E-state index >= 15 is 0 Å². The van der Waals surface area contributed by atoms with Crippen molar-refractivity contribution in [3.63, 3.8) is 0 Å². The van der Waals surface area contributed by atoms with Crippen molar-refractivity contribution in [2.75, 3.05) is 6.54 Å². The number of aromatic nitrogens is 2. The minimum atomic E-state index is -0.579. The second-order valence-electron chi connectivity index (χ2n) is 5.89. The van der Waals surface area contributed by atoms with E-state index in [9.17, 15) is 9.90 Å². The average Bonchev–Trinajstić information content (AvgIpc) is 3.17. The number of hydrogen-bond donors (Lipinski definition) is 2. The van der Waals surface area contributed by atoms with E-state index in [4.69, 9.17) is 0 Å². The Kier molecular flexibility index (Phi) is 5.96. The molecular formula is C21H21N3O2. The van der Waals surface area contributed by atoms with E-state index in [1.54, 1.807) is 17.0 Å². The molecule has 0 spiro atoms. The molecule has 2 N–H and O–H groups in total. The maximum absolute atomic E-state index is 11.9. The summed E-state index contributed by atoms with van der Waals surface area (Å²) < 4.78 is 1.76. The molecule has 0 saturated carbocycles. The summed E-state index contributed by atoms with van der Waals surface area (Å²) in [6, 6.07) is 19.2. The average molecular weight is 347 g/mol. The molecule has 1 atom stereocenters. The van der Waals surface area contributed by atoms with E-state index in [-0.39, 0.29) is 5.91 Å². The first-order valence-corrected chi connectivity index (χ1v) is 8.51. The molecule has 1 aromatic heterocycles. The third-order valence-electron chi connectivity index (χ3n) is 3.95. The Labute approximate surface area is 152 Å². The molecule has 26 heavy (non-hydrogen) atoms. The van der Waals surface area contributed by atoms with Crippen molar-refractivity contribution in [1.82, 2.24) is 15.1 Å². The number of nitrogens with zero attached hydrogens (tertiary/aromatic N) is 2. The van der Waals surface area contributed by atoms with Crippen LogP contribution in [0.15, 0.2) is 79.1 Å². The highest BCUT2D eigenvalue weighted by atomic mass is 16.3. The zero-order valence-electron chi connectivity index (χ0n) is 14.3. The first-order chi connectivity index (χ1) is 12.7. The van der Waals surface area contributed by atoms with Gasteiger partial charge in [-0.2, -0.15) is 5.10 Å². The number of rotatable bonds is 7. The molecule has 1 unspecified atom stereocenters. The molecule has 1 heterocycles. The van der Waals surface area contributed by atoms with Crippen LogP contribution in [0.3, 0.4) is 0 Å². The van der Waals surface area contributed by atoms with Crippen molar-refractivity contribution in [2.24, 2.45) is 0 Å². The Morgan fingerprint density at radius 3 is 2.54 bits per heavy atom. The lowest BCUT2D eigenvalue weighted by atomic mass is 10.1. The fourth-order valence-corrected chi connectivity index (χ4v) is 2.55. The van der Waals surface area contributed by atoms with E-state index in [1.165, 1.54) is 6.08 Å². The number of nitrogens with one attached hydrogen (secondary N) is 1. The maximum Gasteiger partial charge on any atom is 0.244 e. The molecule has 3 aromatic rings. The molecule has 0 aliphatic heterocycles. The number of carbonyl (C=O) groups is 1. The lowest BCUT2D eigenvalue weighted by molar-refractivity contribution is -0.116. The summed E-state index contributed by atoms with van der Waals surface area (Å²) in [5.74, 6) is -0.197. The Balaban J connectivity index is 1.47. The molecule has 1 amide bonds. The van der Waals surface area contributed by atoms with Gasteiger partial charge in [0, 0.05) is 24.4 Å². The van der Waals surface area contributed by atoms with Gasteiger partial charge < -0.3 is 10.4 Å². The zero-order chi connectivity index (χ0) is 18.2. The molecule has 3 rings (SSSR count). The third kappa shape index (κ3) is 4.91. The smallest absolute Gasteiger partial charge is 0.244 e. The van der Waals surface area contributed by atoms with E-state index < -0.39 is 6.10 Å². The Hall–Kier alpha value is -3.18. The van der Waals surface area contributed by atoms with Crippen LogP contribution in [0.25, 0.3) is 11.8 Å². The minimum absolute atomic E-state index is 0.197. The summed E-state index contributed by atoms with van der Waals surface area (Å²) in [7, 11) is 0. The summed E-state index contributed by atoms with van der Waals surface area (Å²) in [6.45, 7) is 0.405. The Bertz CT molecular complexity index is 857. The van der Waals surface area contributed by atoms with Gasteiger partial charge in [-0.25, -0.2) is 4.68 Å². The quantitative estimate of drug-likeness (QED) is 0.645. The van der Waals surface area contributed by atoms with Gasteiger partial charge in [0.2, 0.25) is 5.91 Å². The first kappa shape index (κ1) is 17.6. The van der Waals surface area contributed by atoms with Gasteiger partial charge >= 0.3 is 0 Å². The summed E-state index contributed by atoms with van der Waals surface area (Å²) in [5.41, 5.74) is 2.66. The molecule has 0 saturated heterocycles. The molecule has 2 aromatic carbocycles. The molecule has 0 aliphatic rings. The third-order valence-corrected chi connectivity index (χ3v) is 3.95. The van der Waals surface area contributed by atoms with E-state index in [0.29, 0.717) is 13.0 Å². The summed E-state index contributed by atoms with van der Waals surface area (Å²) in [6.07, 6.45) is 6.64. The fourth-order valence-electron chi connectivity index (χ4n) is 2.55. The molecule has 0 radical (unpaired) electrons. The van der Waals surface area contributed by atoms with Crippen LogP contribution >= 0.6 is 0 Å². The molecule has 5 heteroatoms. The van der Waals surface area contributed by atoms with Gasteiger partial charge in [0.1, 0.15) is 0 Å². The summed E-state index contributed by atoms with van der Waals surface area (Å²) >= 11 is 0. The Morgan fingerprint density at radius 2 is 1.81 bits per heavy atom. The number of carbonyl (C=O) groups excluding carboxylic acids is 1. The van der Waals surface area contributed by atoms with Crippen LogP contribution in [-0.4, -0.2) is 27.3 Å². The molecule has 0 bridgehead atoms. The first-order valence-electron chi connectivity index (χ1n) is 8.51. The highest BCUT2D eigenvalue weighted by molar-refractivity contribution is 5.91. The predicted octanol–water partition coefficient (Wildman–Crippen LogP) is 3.13. The lowest BCUT2D eigenvalue weighted by Crippen LogP contribution is -2.23. The second kappa shape index (κ2) is 8.78. The van der Waals surface area contributed by atoms with E-state index in [1.807, 2.05) is 66.9 Å². The van der Waals surface area contributed by atoms with E-state index in [2.05, 4.69) is 10.4 Å². The van der Waals surface area contributed by atoms with Crippen molar-refractivity contribution < 1.29 is 9.90 Å². The number of benzene rings is 2. The van der Waals surface area contributed by atoms with Crippen molar-refractivity contribution in [3.05, 3.63) is 90.3 Å². The maximum atomic E-state index is 11.9. The number of aliphatic hydroxyl groups is 1. The van der Waals surface area contributed by atoms with Crippen molar-refractivity contribution in [1.29, 1.82) is 0 Å². The molecule has 132 valence electrons. The van der Waals surface area contributed by atoms with Gasteiger partial charge in [-0.15, -0.1) is 0 Å². The number of aliphatic hydroxyl groups excluding tert-OH is 1. The van der Waals surface area contributed by atoms with Crippen LogP contribution in [0.2, 0.25) is 0 Å². The van der Waals surface area contributed by atoms with Gasteiger partial charge in [0.25, 0.3) is 0 Å². The molecule has 0 aliphatic carbocycles. The molecule has 0 fully saturated rings. The fraction of sp³-hybridized carbons (Fsp3) is 0.143. The van der Waals surface area contributed by atoms with Gasteiger partial charge in [-0.3, -0.25) is 4.79 Å². The van der Waals surface area contributed by atoms with Crippen LogP contribution < -0.4 is 5.32 Å². The standard InChI is InChI=1S/C21H21N3O2/c25-20(18-7-3-1-4-8-18)13-14-22-21(26)12-11-17-15-23-24(16-17)19-9-5-2-6-10-19/h1-12,15-16,20,25H,13-14H2,(H,22,26). The molecule has 5 nitrogen and oxygen atoms in total. The number of amides is 1. The van der Waals surface area contributed by atoms with Crippen LogP contribution in [0, 0.1) is 0 Å². The zero-order valence-corrected chi connectivity index (χ0v) is 14.3. The number of para-hydroxylation sites is 1. The van der Waals surface area contributed by atoms with Gasteiger partial charge in [-0.05, 0) is 30.2 Å². The lowest BCUT2D eigenvalue weighted by Gasteiger charge is -2.10. The topological polar surface area (TPSA) is 67.2 Å². The van der Waals surface area contributed by atoms with Crippen LogP contribution in [-0.2, 0) is 4.79 Å². The van der Waals surface area contributed by atoms with Crippen LogP contribution in [0.5, 0.6) is 0 Å². The second-order valence-corrected chi connectivity index (χ2v) is 5.89. The van der Waals surface area contributed by atoms with E-state index in [0.717, 1.165) is 16.8 Å². The van der Waals surface area contributed by atoms with Gasteiger partial charge in [-0.1, -0.05) is 48.5 Å². The predicted molar refractivity (Wildman–Crippen MR) is 102 cm³/mol. The van der Waals surface area contributed by atoms with Crippen molar-refractivity contribution >= 4 is 12.0 Å². The monoisotopic (exact) mass is 347 g/mol. The van der Waals surface area contributed by atoms with Gasteiger partial charge in [0.05, 0.1) is 18.0 Å². The van der Waals surface area contributed by atoms with Crippen LogP contribution in [0.1, 0.15) is 23.7 Å². The largest absolute Gasteiger partial charge is 0.388 e. The number of hydrogen-bond acceptors (Lipinski definition) is 3. The van der Waals surface area contributed by atoms with Gasteiger partial charge in [0.15, 0.2) is 0 Å². The van der Waals surface area contributed by atoms with Crippen molar-refractivity contribution in [2.45, 2.75) is 12.5 Å². The summed E-state index contributed by atoms with van der Waals surface area (Å²) in [4.78, 5) is 11.9. The molecular weight excluding hydrogens is 326 g/mol. The Morgan fingerprint density at radius 1 is 1.12 bits per heavy atom. The highest BCUT2D eigenvalue weighted by Crippen LogP contribution is 2.14. The highest BCUT2D eigenvalue weighted by Gasteiger charge is 2.06. The van der Waals surface area contributed by atoms with Crippen LogP contribution in [0.4, 0.5) is 0 Å².